The number of aromatic nitrogens is 4. The highest BCUT2D eigenvalue weighted by Crippen LogP contribution is 2.28. The molecule has 0 spiro atoms. The number of imidazole rings is 1. The summed E-state index contributed by atoms with van der Waals surface area (Å²) in [7, 11) is 0. The van der Waals surface area contributed by atoms with Gasteiger partial charge in [-0.2, -0.15) is 10.4 Å². The molecule has 21 heavy (non-hydrogen) atoms. The van der Waals surface area contributed by atoms with Crippen LogP contribution >= 0.6 is 0 Å². The molecule has 0 aliphatic rings. The molecule has 0 atom stereocenters. The van der Waals surface area contributed by atoms with Crippen LogP contribution < -0.4 is 5.56 Å². The highest BCUT2D eigenvalue weighted by Gasteiger charge is 2.17. The molecule has 4 rings (SSSR count). The lowest BCUT2D eigenvalue weighted by Crippen LogP contribution is -2.10. The first kappa shape index (κ1) is 11.6. The molecule has 6 heteroatoms. The van der Waals surface area contributed by atoms with E-state index in [0.717, 1.165) is 10.8 Å². The largest absolute Gasteiger partial charge is 0.290 e. The van der Waals surface area contributed by atoms with Crippen molar-refractivity contribution in [1.29, 1.82) is 5.26 Å². The molecular formula is C15H9N5O. The topological polar surface area (TPSA) is 86.8 Å². The number of H-pyrrole nitrogens is 1. The van der Waals surface area contributed by atoms with Gasteiger partial charge in [0.05, 0.1) is 11.8 Å². The minimum absolute atomic E-state index is 0.317. The van der Waals surface area contributed by atoms with Crippen LogP contribution in [-0.2, 0) is 0 Å². The molecule has 0 aliphatic carbocycles. The molecule has 3 heterocycles. The summed E-state index contributed by atoms with van der Waals surface area (Å²) in [5.41, 5.74) is 2.53. The van der Waals surface area contributed by atoms with E-state index in [1.165, 1.54) is 6.20 Å². The number of pyridine rings is 1. The Morgan fingerprint density at radius 2 is 2.05 bits per heavy atom. The summed E-state index contributed by atoms with van der Waals surface area (Å²) in [6, 6.07) is 9.80. The first-order valence-electron chi connectivity index (χ1n) is 6.39. The van der Waals surface area contributed by atoms with Crippen molar-refractivity contribution in [3.05, 3.63) is 52.1 Å². The Hall–Kier alpha value is -3.20. The van der Waals surface area contributed by atoms with Gasteiger partial charge in [0.1, 0.15) is 22.7 Å². The van der Waals surface area contributed by atoms with Gasteiger partial charge in [0.15, 0.2) is 0 Å². The van der Waals surface area contributed by atoms with Crippen molar-refractivity contribution in [2.75, 3.05) is 0 Å². The van der Waals surface area contributed by atoms with Gasteiger partial charge in [-0.1, -0.05) is 24.3 Å². The number of nitrogens with one attached hydrogen (secondary N) is 1. The number of nitriles is 1. The van der Waals surface area contributed by atoms with Crippen molar-refractivity contribution in [2.24, 2.45) is 0 Å². The molecule has 0 saturated carbocycles. The number of fused-ring (bicyclic) bond motifs is 5. The maximum Gasteiger partial charge on any atom is 0.290 e. The lowest BCUT2D eigenvalue weighted by atomic mass is 10.1. The van der Waals surface area contributed by atoms with E-state index in [1.807, 2.05) is 31.2 Å². The number of hydrogen-bond acceptors (Lipinski definition) is 4. The molecule has 0 bridgehead atoms. The second-order valence-corrected chi connectivity index (χ2v) is 4.82. The molecule has 0 radical (unpaired) electrons. The Morgan fingerprint density at radius 1 is 1.29 bits per heavy atom. The number of rotatable bonds is 0. The summed E-state index contributed by atoms with van der Waals surface area (Å²) in [6.45, 7) is 1.82. The molecule has 4 aromatic rings. The Bertz CT molecular complexity index is 1130. The van der Waals surface area contributed by atoms with Gasteiger partial charge in [-0.05, 0) is 6.92 Å². The SMILES string of the molecule is Cc1c(C#N)c2ccccc2c2nc3cn[nH]c(=O)c3n12. The molecule has 0 fully saturated rings. The van der Waals surface area contributed by atoms with E-state index >= 15 is 0 Å². The van der Waals surface area contributed by atoms with Gasteiger partial charge in [0.2, 0.25) is 0 Å². The van der Waals surface area contributed by atoms with Crippen LogP contribution in [0, 0.1) is 18.3 Å². The van der Waals surface area contributed by atoms with Crippen molar-refractivity contribution in [2.45, 2.75) is 6.92 Å². The van der Waals surface area contributed by atoms with Crippen LogP contribution in [0.1, 0.15) is 11.3 Å². The lowest BCUT2D eigenvalue weighted by molar-refractivity contribution is 0.995. The Balaban J connectivity index is 2.46. The first-order chi connectivity index (χ1) is 10.2. The summed E-state index contributed by atoms with van der Waals surface area (Å²) in [6.07, 6.45) is 1.52. The Labute approximate surface area is 118 Å². The zero-order valence-corrected chi connectivity index (χ0v) is 11.1. The number of aromatic amines is 1. The average Bonchev–Trinajstić information content (AvgIpc) is 2.89. The molecule has 0 amide bonds. The fourth-order valence-corrected chi connectivity index (χ4v) is 2.80. The molecule has 1 aromatic carbocycles. The number of benzene rings is 1. The van der Waals surface area contributed by atoms with E-state index in [1.54, 1.807) is 4.40 Å². The van der Waals surface area contributed by atoms with E-state index in [0.29, 0.717) is 27.9 Å². The predicted molar refractivity (Wildman–Crippen MR) is 78.1 cm³/mol. The average molecular weight is 275 g/mol. The summed E-state index contributed by atoms with van der Waals surface area (Å²) in [4.78, 5) is 16.6. The smallest absolute Gasteiger partial charge is 0.290 e. The van der Waals surface area contributed by atoms with Crippen LogP contribution in [0.15, 0.2) is 35.3 Å². The monoisotopic (exact) mass is 275 g/mol. The van der Waals surface area contributed by atoms with Crippen LogP contribution in [-0.4, -0.2) is 19.6 Å². The van der Waals surface area contributed by atoms with Crippen LogP contribution in [0.3, 0.4) is 0 Å². The van der Waals surface area contributed by atoms with Gasteiger partial charge < -0.3 is 0 Å². The van der Waals surface area contributed by atoms with E-state index in [2.05, 4.69) is 21.3 Å². The summed E-state index contributed by atoms with van der Waals surface area (Å²) < 4.78 is 1.73. The van der Waals surface area contributed by atoms with Crippen LogP contribution in [0.2, 0.25) is 0 Å². The highest BCUT2D eigenvalue weighted by molar-refractivity contribution is 6.01. The van der Waals surface area contributed by atoms with Gasteiger partial charge in [0.25, 0.3) is 5.56 Å². The Morgan fingerprint density at radius 3 is 2.81 bits per heavy atom. The normalized spacial score (nSPS) is 11.2. The van der Waals surface area contributed by atoms with E-state index < -0.39 is 0 Å². The summed E-state index contributed by atoms with van der Waals surface area (Å²) in [5, 5.41) is 17.4. The third kappa shape index (κ3) is 1.37. The first-order valence-corrected chi connectivity index (χ1v) is 6.39. The molecule has 0 aliphatic heterocycles. The van der Waals surface area contributed by atoms with Gasteiger partial charge in [-0.25, -0.2) is 10.1 Å². The van der Waals surface area contributed by atoms with Crippen LogP contribution in [0.25, 0.3) is 27.5 Å². The third-order valence-corrected chi connectivity index (χ3v) is 3.72. The molecule has 6 nitrogen and oxygen atoms in total. The van der Waals surface area contributed by atoms with E-state index in [-0.39, 0.29) is 5.56 Å². The second kappa shape index (κ2) is 3.90. The Kier molecular flexibility index (Phi) is 2.16. The third-order valence-electron chi connectivity index (χ3n) is 3.72. The van der Waals surface area contributed by atoms with Crippen molar-refractivity contribution in [3.63, 3.8) is 0 Å². The van der Waals surface area contributed by atoms with Crippen LogP contribution in [0.4, 0.5) is 0 Å². The second-order valence-electron chi connectivity index (χ2n) is 4.82. The number of nitrogens with zero attached hydrogens (tertiary/aromatic N) is 4. The molecule has 3 aromatic heterocycles. The molecule has 100 valence electrons. The maximum atomic E-state index is 12.1. The minimum atomic E-state index is -0.317. The molecule has 0 unspecified atom stereocenters. The standard InChI is InChI=1S/C15H9N5O/c1-8-11(6-16)9-4-2-3-5-10(9)14-18-12-7-17-19-15(21)13(12)20(8)14/h2-5,7H,1H3,(H,19,21). The zero-order chi connectivity index (χ0) is 14.6. The quantitative estimate of drug-likeness (QED) is 0.531. The van der Waals surface area contributed by atoms with Gasteiger partial charge in [-0.15, -0.1) is 0 Å². The number of aryl methyl sites for hydroxylation is 1. The highest BCUT2D eigenvalue weighted by atomic mass is 16.1. The molecular weight excluding hydrogens is 266 g/mol. The fraction of sp³-hybridized carbons (Fsp3) is 0.0667. The number of hydrogen-bond donors (Lipinski definition) is 1. The lowest BCUT2D eigenvalue weighted by Gasteiger charge is -2.08. The van der Waals surface area contributed by atoms with Crippen molar-refractivity contribution < 1.29 is 0 Å². The maximum absolute atomic E-state index is 12.1. The fourth-order valence-electron chi connectivity index (χ4n) is 2.80. The summed E-state index contributed by atoms with van der Waals surface area (Å²) in [5.74, 6) is 0. The zero-order valence-electron chi connectivity index (χ0n) is 11.1. The van der Waals surface area contributed by atoms with E-state index in [4.69, 9.17) is 0 Å². The van der Waals surface area contributed by atoms with Gasteiger partial charge in [0, 0.05) is 16.5 Å². The van der Waals surface area contributed by atoms with Crippen LogP contribution in [0.5, 0.6) is 0 Å². The van der Waals surface area contributed by atoms with Crippen molar-refractivity contribution in [3.8, 4) is 6.07 Å². The molecule has 0 saturated heterocycles. The van der Waals surface area contributed by atoms with Crippen molar-refractivity contribution >= 4 is 27.5 Å². The van der Waals surface area contributed by atoms with Crippen molar-refractivity contribution in [1.82, 2.24) is 19.6 Å². The van der Waals surface area contributed by atoms with Gasteiger partial charge in [-0.3, -0.25) is 9.20 Å². The predicted octanol–water partition coefficient (Wildman–Crippen LogP) is 1.90. The van der Waals surface area contributed by atoms with Gasteiger partial charge >= 0.3 is 0 Å². The minimum Gasteiger partial charge on any atom is -0.290 e. The molecule has 1 N–H and O–H groups in total. The summed E-state index contributed by atoms with van der Waals surface area (Å²) >= 11 is 0. The van der Waals surface area contributed by atoms with E-state index in [9.17, 15) is 10.1 Å².